The third-order valence-electron chi connectivity index (χ3n) is 4.61. The summed E-state index contributed by atoms with van der Waals surface area (Å²) in [5.74, 6) is 2.32. The van der Waals surface area contributed by atoms with Crippen LogP contribution >= 0.6 is 0 Å². The summed E-state index contributed by atoms with van der Waals surface area (Å²) < 4.78 is 6.00. The largest absolute Gasteiger partial charge is 0.491 e. The summed E-state index contributed by atoms with van der Waals surface area (Å²) in [6.07, 6.45) is 1.59. The van der Waals surface area contributed by atoms with Gasteiger partial charge in [0.15, 0.2) is 0 Å². The third-order valence-corrected chi connectivity index (χ3v) is 4.61. The molecule has 2 rings (SSSR count). The molecule has 1 fully saturated rings. The summed E-state index contributed by atoms with van der Waals surface area (Å²) in [5.41, 5.74) is 0. The molecule has 1 saturated heterocycles. The zero-order chi connectivity index (χ0) is 18.2. The molecule has 25 heavy (non-hydrogen) atoms. The summed E-state index contributed by atoms with van der Waals surface area (Å²) in [5, 5.41) is 0. The van der Waals surface area contributed by atoms with Gasteiger partial charge in [0.2, 0.25) is 5.91 Å². The Balaban J connectivity index is 2.01. The highest BCUT2D eigenvalue weighted by Crippen LogP contribution is 2.18. The van der Waals surface area contributed by atoms with Crippen LogP contribution in [0.25, 0.3) is 0 Å². The van der Waals surface area contributed by atoms with Gasteiger partial charge in [-0.1, -0.05) is 45.9 Å². The van der Waals surface area contributed by atoms with E-state index in [0.29, 0.717) is 24.9 Å². The van der Waals surface area contributed by atoms with Gasteiger partial charge in [-0.15, -0.1) is 0 Å². The van der Waals surface area contributed by atoms with Gasteiger partial charge < -0.3 is 14.5 Å². The van der Waals surface area contributed by atoms with Gasteiger partial charge in [-0.05, 0) is 30.4 Å². The van der Waals surface area contributed by atoms with Crippen LogP contribution in [0.4, 0.5) is 0 Å². The molecule has 0 unspecified atom stereocenters. The molecule has 1 amide bonds. The first kappa shape index (κ1) is 19.8. The van der Waals surface area contributed by atoms with Gasteiger partial charge in [-0.2, -0.15) is 0 Å². The van der Waals surface area contributed by atoms with Gasteiger partial charge >= 0.3 is 0 Å². The van der Waals surface area contributed by atoms with E-state index in [1.165, 1.54) is 0 Å². The lowest BCUT2D eigenvalue weighted by molar-refractivity contribution is -0.133. The average Bonchev–Trinajstić information content (AvgIpc) is 2.74. The molecule has 0 bridgehead atoms. The van der Waals surface area contributed by atoms with Gasteiger partial charge in [0.05, 0.1) is 6.04 Å². The number of carbonyl (C=O) groups excluding carboxylic acids is 1. The second kappa shape index (κ2) is 9.81. The van der Waals surface area contributed by atoms with Gasteiger partial charge in [0, 0.05) is 32.6 Å². The SMILES string of the molecule is CC(C)C[C@@H](COc1ccccc1)N1CCN(CC(C)C)CCC1=O. The number of benzene rings is 1. The molecule has 0 radical (unpaired) electrons. The Kier molecular flexibility index (Phi) is 7.76. The molecule has 4 heteroatoms. The van der Waals surface area contributed by atoms with Crippen molar-refractivity contribution in [2.24, 2.45) is 11.8 Å². The molecule has 0 aromatic heterocycles. The number of para-hydroxylation sites is 1. The lowest BCUT2D eigenvalue weighted by atomic mass is 10.0. The van der Waals surface area contributed by atoms with Gasteiger partial charge in [-0.3, -0.25) is 4.79 Å². The molecular formula is C21H34N2O2. The number of rotatable bonds is 8. The first-order valence-electron chi connectivity index (χ1n) is 9.65. The van der Waals surface area contributed by atoms with Crippen molar-refractivity contribution in [1.82, 2.24) is 9.80 Å². The number of hydrogen-bond acceptors (Lipinski definition) is 3. The molecule has 0 N–H and O–H groups in total. The van der Waals surface area contributed by atoms with Crippen LogP contribution in [0.2, 0.25) is 0 Å². The lowest BCUT2D eigenvalue weighted by Gasteiger charge is -2.32. The molecule has 0 saturated carbocycles. The molecule has 140 valence electrons. The normalized spacial score (nSPS) is 17.8. The summed E-state index contributed by atoms with van der Waals surface area (Å²) >= 11 is 0. The molecule has 0 spiro atoms. The van der Waals surface area contributed by atoms with Crippen molar-refractivity contribution >= 4 is 5.91 Å². The molecular weight excluding hydrogens is 312 g/mol. The van der Waals surface area contributed by atoms with Crippen LogP contribution in [0.15, 0.2) is 30.3 Å². The fraction of sp³-hybridized carbons (Fsp3) is 0.667. The Labute approximate surface area is 153 Å². The van der Waals surface area contributed by atoms with Crippen LogP contribution in [0.1, 0.15) is 40.5 Å². The molecule has 1 aromatic carbocycles. The number of carbonyl (C=O) groups is 1. The van der Waals surface area contributed by atoms with Crippen LogP contribution < -0.4 is 4.74 Å². The molecule has 0 aliphatic carbocycles. The van der Waals surface area contributed by atoms with E-state index in [2.05, 4.69) is 37.5 Å². The highest BCUT2D eigenvalue weighted by molar-refractivity contribution is 5.77. The molecule has 4 nitrogen and oxygen atoms in total. The van der Waals surface area contributed by atoms with E-state index in [1.54, 1.807) is 0 Å². The number of hydrogen-bond donors (Lipinski definition) is 0. The molecule has 1 aliphatic heterocycles. The second-order valence-electron chi connectivity index (χ2n) is 7.94. The zero-order valence-electron chi connectivity index (χ0n) is 16.3. The topological polar surface area (TPSA) is 32.8 Å². The van der Waals surface area contributed by atoms with Crippen LogP contribution in [0.3, 0.4) is 0 Å². The maximum atomic E-state index is 12.7. The van der Waals surface area contributed by atoms with Crippen molar-refractivity contribution in [1.29, 1.82) is 0 Å². The predicted octanol–water partition coefficient (Wildman–Crippen LogP) is 3.67. The molecule has 1 heterocycles. The first-order chi connectivity index (χ1) is 12.0. The van der Waals surface area contributed by atoms with Crippen molar-refractivity contribution in [2.45, 2.75) is 46.6 Å². The molecule has 1 aromatic rings. The highest BCUT2D eigenvalue weighted by atomic mass is 16.5. The summed E-state index contributed by atoms with van der Waals surface area (Å²) in [6, 6.07) is 10.0. The second-order valence-corrected chi connectivity index (χ2v) is 7.94. The average molecular weight is 347 g/mol. The van der Waals surface area contributed by atoms with E-state index < -0.39 is 0 Å². The maximum Gasteiger partial charge on any atom is 0.224 e. The third kappa shape index (κ3) is 6.69. The number of nitrogens with zero attached hydrogens (tertiary/aromatic N) is 2. The van der Waals surface area contributed by atoms with Crippen molar-refractivity contribution in [3.05, 3.63) is 30.3 Å². The van der Waals surface area contributed by atoms with Crippen molar-refractivity contribution in [3.8, 4) is 5.75 Å². The van der Waals surface area contributed by atoms with Crippen LogP contribution in [-0.4, -0.2) is 54.5 Å². The standard InChI is InChI=1S/C21H34N2O2/c1-17(2)14-19(16-25-20-8-6-5-7-9-20)23-13-12-22(15-18(3)4)11-10-21(23)24/h5-9,17-19H,10-16H2,1-4H3/t19-/m0/s1. The molecule has 1 aliphatic rings. The minimum Gasteiger partial charge on any atom is -0.491 e. The van der Waals surface area contributed by atoms with Crippen molar-refractivity contribution in [2.75, 3.05) is 32.8 Å². The Morgan fingerprint density at radius 1 is 1.00 bits per heavy atom. The van der Waals surface area contributed by atoms with Crippen LogP contribution in [0, 0.1) is 11.8 Å². The van der Waals surface area contributed by atoms with Crippen LogP contribution in [0.5, 0.6) is 5.75 Å². The maximum absolute atomic E-state index is 12.7. The number of ether oxygens (including phenoxy) is 1. The van der Waals surface area contributed by atoms with E-state index in [9.17, 15) is 4.79 Å². The van der Waals surface area contributed by atoms with Crippen molar-refractivity contribution in [3.63, 3.8) is 0 Å². The summed E-state index contributed by atoms with van der Waals surface area (Å²) in [7, 11) is 0. The Morgan fingerprint density at radius 2 is 1.72 bits per heavy atom. The van der Waals surface area contributed by atoms with E-state index >= 15 is 0 Å². The smallest absolute Gasteiger partial charge is 0.224 e. The Hall–Kier alpha value is -1.55. The minimum absolute atomic E-state index is 0.145. The minimum atomic E-state index is 0.145. The van der Waals surface area contributed by atoms with Gasteiger partial charge in [-0.25, -0.2) is 0 Å². The Morgan fingerprint density at radius 3 is 2.36 bits per heavy atom. The van der Waals surface area contributed by atoms with Crippen LogP contribution in [-0.2, 0) is 4.79 Å². The fourth-order valence-corrected chi connectivity index (χ4v) is 3.51. The van der Waals surface area contributed by atoms with E-state index in [0.717, 1.165) is 38.3 Å². The predicted molar refractivity (Wildman–Crippen MR) is 103 cm³/mol. The lowest BCUT2D eigenvalue weighted by Crippen LogP contribution is -2.45. The summed E-state index contributed by atoms with van der Waals surface area (Å²) in [4.78, 5) is 17.2. The number of amides is 1. The quantitative estimate of drug-likeness (QED) is 0.720. The van der Waals surface area contributed by atoms with E-state index in [-0.39, 0.29) is 11.9 Å². The van der Waals surface area contributed by atoms with E-state index in [4.69, 9.17) is 4.74 Å². The monoisotopic (exact) mass is 346 g/mol. The highest BCUT2D eigenvalue weighted by Gasteiger charge is 2.28. The fourth-order valence-electron chi connectivity index (χ4n) is 3.51. The van der Waals surface area contributed by atoms with Gasteiger partial charge in [0.25, 0.3) is 0 Å². The first-order valence-corrected chi connectivity index (χ1v) is 9.65. The molecule has 1 atom stereocenters. The summed E-state index contributed by atoms with van der Waals surface area (Å²) in [6.45, 7) is 13.2. The van der Waals surface area contributed by atoms with Gasteiger partial charge in [0.1, 0.15) is 12.4 Å². The van der Waals surface area contributed by atoms with Crippen molar-refractivity contribution < 1.29 is 9.53 Å². The zero-order valence-corrected chi connectivity index (χ0v) is 16.3. The van der Waals surface area contributed by atoms with E-state index in [1.807, 2.05) is 30.3 Å². The Bertz CT molecular complexity index is 516.